The molecule has 17 heavy (non-hydrogen) atoms. The summed E-state index contributed by atoms with van der Waals surface area (Å²) in [5.41, 5.74) is 1.61. The monoisotopic (exact) mass is 237 g/mol. The highest BCUT2D eigenvalue weighted by atomic mass is 16.5. The van der Waals surface area contributed by atoms with E-state index in [2.05, 4.69) is 15.3 Å². The Labute approximate surface area is 99.0 Å². The van der Waals surface area contributed by atoms with Gasteiger partial charge < -0.3 is 15.2 Å². The van der Waals surface area contributed by atoms with Crippen LogP contribution >= 0.6 is 0 Å². The maximum Gasteiger partial charge on any atom is 0.354 e. The second-order valence-corrected chi connectivity index (χ2v) is 3.97. The Morgan fingerprint density at radius 3 is 2.94 bits per heavy atom. The molecule has 1 aromatic heterocycles. The predicted octanol–water partition coefficient (Wildman–Crippen LogP) is 0.528. The zero-order valence-corrected chi connectivity index (χ0v) is 9.86. The van der Waals surface area contributed by atoms with Gasteiger partial charge in [0, 0.05) is 19.2 Å². The van der Waals surface area contributed by atoms with E-state index in [-0.39, 0.29) is 11.8 Å². The number of ether oxygens (including phenoxy) is 1. The Bertz CT molecular complexity index is 448. The highest BCUT2D eigenvalue weighted by Crippen LogP contribution is 2.19. The van der Waals surface area contributed by atoms with Crippen LogP contribution in [0.15, 0.2) is 0 Å². The van der Waals surface area contributed by atoms with Gasteiger partial charge in [-0.25, -0.2) is 14.8 Å². The summed E-state index contributed by atoms with van der Waals surface area (Å²) < 4.78 is 5.12. The van der Waals surface area contributed by atoms with Crippen molar-refractivity contribution in [3.8, 4) is 0 Å². The van der Waals surface area contributed by atoms with Gasteiger partial charge in [-0.1, -0.05) is 0 Å². The number of aromatic carboxylic acids is 1. The molecule has 1 atom stereocenters. The zero-order valence-electron chi connectivity index (χ0n) is 9.86. The van der Waals surface area contributed by atoms with Crippen LogP contribution in [0.3, 0.4) is 0 Å². The molecule has 2 heterocycles. The minimum atomic E-state index is -1.00. The summed E-state index contributed by atoms with van der Waals surface area (Å²) in [5, 5.41) is 12.3. The average Bonchev–Trinajstić information content (AvgIpc) is 2.36. The molecule has 1 aromatic rings. The van der Waals surface area contributed by atoms with E-state index >= 15 is 0 Å². The molecule has 92 valence electrons. The number of carboxylic acids is 1. The fourth-order valence-corrected chi connectivity index (χ4v) is 1.84. The fraction of sp³-hybridized carbons (Fsp3) is 0.545. The van der Waals surface area contributed by atoms with Crippen molar-refractivity contribution < 1.29 is 14.6 Å². The SMILES string of the molecule is COC(C)c1nc2c(c(C(=O)O)n1)CCNC2. The maximum absolute atomic E-state index is 11.2. The first-order chi connectivity index (χ1) is 8.13. The van der Waals surface area contributed by atoms with E-state index in [4.69, 9.17) is 9.84 Å². The number of nitrogens with one attached hydrogen (secondary N) is 1. The third kappa shape index (κ3) is 2.27. The number of carbonyl (C=O) groups is 1. The number of hydrogen-bond donors (Lipinski definition) is 2. The van der Waals surface area contributed by atoms with Gasteiger partial charge in [0.25, 0.3) is 0 Å². The van der Waals surface area contributed by atoms with E-state index in [1.807, 2.05) is 0 Å². The Kier molecular flexibility index (Phi) is 3.35. The molecule has 1 aliphatic heterocycles. The fourth-order valence-electron chi connectivity index (χ4n) is 1.84. The number of rotatable bonds is 3. The highest BCUT2D eigenvalue weighted by Gasteiger charge is 2.23. The Balaban J connectivity index is 2.52. The number of hydrogen-bond acceptors (Lipinski definition) is 5. The Morgan fingerprint density at radius 1 is 1.53 bits per heavy atom. The predicted molar refractivity (Wildman–Crippen MR) is 59.8 cm³/mol. The molecule has 0 aromatic carbocycles. The van der Waals surface area contributed by atoms with E-state index in [0.717, 1.165) is 17.8 Å². The lowest BCUT2D eigenvalue weighted by Crippen LogP contribution is -2.28. The average molecular weight is 237 g/mol. The number of methoxy groups -OCH3 is 1. The molecule has 0 bridgehead atoms. The Hall–Kier alpha value is -1.53. The van der Waals surface area contributed by atoms with E-state index in [0.29, 0.717) is 18.8 Å². The number of fused-ring (bicyclic) bond motifs is 1. The number of carboxylic acid groups (broad SMARTS) is 1. The second kappa shape index (κ2) is 4.77. The molecule has 6 heteroatoms. The first-order valence-electron chi connectivity index (χ1n) is 5.50. The molecule has 0 saturated heterocycles. The van der Waals surface area contributed by atoms with Crippen molar-refractivity contribution in [3.05, 3.63) is 22.8 Å². The molecule has 1 unspecified atom stereocenters. The first-order valence-corrected chi connectivity index (χ1v) is 5.50. The Morgan fingerprint density at radius 2 is 2.29 bits per heavy atom. The van der Waals surface area contributed by atoms with Gasteiger partial charge in [0.05, 0.1) is 5.69 Å². The molecular formula is C11H15N3O3. The lowest BCUT2D eigenvalue weighted by Gasteiger charge is -2.19. The molecule has 0 spiro atoms. The summed E-state index contributed by atoms with van der Waals surface area (Å²) in [6.07, 6.45) is 0.346. The molecule has 1 aliphatic rings. The zero-order chi connectivity index (χ0) is 12.4. The minimum Gasteiger partial charge on any atom is -0.477 e. The van der Waals surface area contributed by atoms with Crippen molar-refractivity contribution in [1.29, 1.82) is 0 Å². The van der Waals surface area contributed by atoms with Crippen molar-refractivity contribution in [2.75, 3.05) is 13.7 Å². The smallest absolute Gasteiger partial charge is 0.354 e. The van der Waals surface area contributed by atoms with Gasteiger partial charge >= 0.3 is 5.97 Å². The van der Waals surface area contributed by atoms with E-state index in [9.17, 15) is 4.79 Å². The van der Waals surface area contributed by atoms with Crippen molar-refractivity contribution in [1.82, 2.24) is 15.3 Å². The van der Waals surface area contributed by atoms with Crippen LogP contribution in [0.4, 0.5) is 0 Å². The largest absolute Gasteiger partial charge is 0.477 e. The van der Waals surface area contributed by atoms with Crippen molar-refractivity contribution in [2.24, 2.45) is 0 Å². The van der Waals surface area contributed by atoms with Gasteiger partial charge in [-0.15, -0.1) is 0 Å². The molecule has 6 nitrogen and oxygen atoms in total. The van der Waals surface area contributed by atoms with Crippen LogP contribution < -0.4 is 5.32 Å². The van der Waals surface area contributed by atoms with Gasteiger partial charge in [-0.2, -0.15) is 0 Å². The van der Waals surface area contributed by atoms with E-state index < -0.39 is 5.97 Å². The quantitative estimate of drug-likeness (QED) is 0.797. The van der Waals surface area contributed by atoms with Crippen LogP contribution in [0.2, 0.25) is 0 Å². The summed E-state index contributed by atoms with van der Waals surface area (Å²) in [4.78, 5) is 19.6. The summed E-state index contributed by atoms with van der Waals surface area (Å²) in [7, 11) is 1.55. The lowest BCUT2D eigenvalue weighted by atomic mass is 10.0. The molecule has 0 aliphatic carbocycles. The molecule has 2 rings (SSSR count). The molecule has 0 fully saturated rings. The first kappa shape index (κ1) is 11.9. The molecule has 0 saturated carbocycles. The van der Waals surface area contributed by atoms with Crippen LogP contribution in [-0.4, -0.2) is 34.7 Å². The third-order valence-electron chi connectivity index (χ3n) is 2.87. The van der Waals surface area contributed by atoms with Crippen LogP contribution in [0.5, 0.6) is 0 Å². The summed E-state index contributed by atoms with van der Waals surface area (Å²) in [6, 6.07) is 0. The minimum absolute atomic E-state index is 0.107. The number of aromatic nitrogens is 2. The van der Waals surface area contributed by atoms with Crippen LogP contribution in [0, 0.1) is 0 Å². The van der Waals surface area contributed by atoms with Crippen molar-refractivity contribution in [3.63, 3.8) is 0 Å². The summed E-state index contributed by atoms with van der Waals surface area (Å²) in [6.45, 7) is 3.14. The van der Waals surface area contributed by atoms with Gasteiger partial charge in [-0.3, -0.25) is 0 Å². The van der Waals surface area contributed by atoms with Gasteiger partial charge in [0.2, 0.25) is 0 Å². The van der Waals surface area contributed by atoms with E-state index in [1.165, 1.54) is 0 Å². The van der Waals surface area contributed by atoms with Gasteiger partial charge in [-0.05, 0) is 19.9 Å². The lowest BCUT2D eigenvalue weighted by molar-refractivity contribution is 0.0685. The van der Waals surface area contributed by atoms with Crippen LogP contribution in [0.1, 0.15) is 40.6 Å². The van der Waals surface area contributed by atoms with Crippen LogP contribution in [0.25, 0.3) is 0 Å². The number of nitrogens with zero attached hydrogens (tertiary/aromatic N) is 2. The van der Waals surface area contributed by atoms with E-state index in [1.54, 1.807) is 14.0 Å². The van der Waals surface area contributed by atoms with Crippen molar-refractivity contribution in [2.45, 2.75) is 26.0 Å². The normalized spacial score (nSPS) is 16.4. The molecule has 0 amide bonds. The summed E-state index contributed by atoms with van der Waals surface area (Å²) in [5.74, 6) is -0.581. The van der Waals surface area contributed by atoms with Gasteiger partial charge in [0.1, 0.15) is 6.10 Å². The summed E-state index contributed by atoms with van der Waals surface area (Å²) >= 11 is 0. The molecule has 0 radical (unpaired) electrons. The second-order valence-electron chi connectivity index (χ2n) is 3.97. The topological polar surface area (TPSA) is 84.3 Å². The maximum atomic E-state index is 11.2. The van der Waals surface area contributed by atoms with Crippen molar-refractivity contribution >= 4 is 5.97 Å². The standard InChI is InChI=1S/C11H15N3O3/c1-6(17-2)10-13-8-5-12-4-3-7(8)9(14-10)11(15)16/h6,12H,3-5H2,1-2H3,(H,15,16). The van der Waals surface area contributed by atoms with Gasteiger partial charge in [0.15, 0.2) is 11.5 Å². The molecular weight excluding hydrogens is 222 g/mol. The third-order valence-corrected chi connectivity index (χ3v) is 2.87. The van der Waals surface area contributed by atoms with Crippen LogP contribution in [-0.2, 0) is 17.7 Å². The molecule has 2 N–H and O–H groups in total. The highest BCUT2D eigenvalue weighted by molar-refractivity contribution is 5.87.